The van der Waals surface area contributed by atoms with E-state index in [1.807, 2.05) is 59.2 Å². The van der Waals surface area contributed by atoms with Crippen LogP contribution in [0.5, 0.6) is 0 Å². The Kier molecular flexibility index (Phi) is 11.7. The lowest BCUT2D eigenvalue weighted by Gasteiger charge is -2.12. The van der Waals surface area contributed by atoms with Gasteiger partial charge in [-0.3, -0.25) is 14.4 Å². The summed E-state index contributed by atoms with van der Waals surface area (Å²) in [5.74, 6) is -0.00263. The number of rotatable bonds is 5. The molecule has 0 saturated heterocycles. The van der Waals surface area contributed by atoms with Crippen LogP contribution in [0.15, 0.2) is 94.6 Å². The first kappa shape index (κ1) is 28.6. The molecule has 36 heavy (non-hydrogen) atoms. The van der Waals surface area contributed by atoms with Gasteiger partial charge in [-0.15, -0.1) is 22.7 Å². The summed E-state index contributed by atoms with van der Waals surface area (Å²) in [4.78, 5) is 19.1. The smallest absolute Gasteiger partial charge is 0.339 e. The van der Waals surface area contributed by atoms with E-state index in [2.05, 4.69) is 85.8 Å². The number of carbonyl (C=O) groups is 1. The Morgan fingerprint density at radius 3 is 2.19 bits per heavy atom. The highest BCUT2D eigenvalue weighted by molar-refractivity contribution is 8.24. The summed E-state index contributed by atoms with van der Waals surface area (Å²) in [6, 6.07) is 26.0. The molecule has 0 atom stereocenters. The quantitative estimate of drug-likeness (QED) is 0.234. The van der Waals surface area contributed by atoms with Crippen LogP contribution in [0.25, 0.3) is 0 Å². The maximum absolute atomic E-state index is 11.7. The minimum Gasteiger partial charge on any atom is -0.352 e. The molecular weight excluding hydrogens is 574 g/mol. The second-order valence-corrected chi connectivity index (χ2v) is 16.1. The predicted molar refractivity (Wildman–Crippen MR) is 157 cm³/mol. The summed E-state index contributed by atoms with van der Waals surface area (Å²) in [5, 5.41) is 3.89. The van der Waals surface area contributed by atoms with Crippen molar-refractivity contribution in [3.05, 3.63) is 116 Å². The van der Waals surface area contributed by atoms with Gasteiger partial charge in [-0.2, -0.15) is 0 Å². The number of thiophene rings is 2. The van der Waals surface area contributed by atoms with E-state index in [4.69, 9.17) is 0 Å². The van der Waals surface area contributed by atoms with Gasteiger partial charge in [-0.25, -0.2) is 0 Å². The normalized spacial score (nSPS) is 12.1. The molecule has 188 valence electrons. The van der Waals surface area contributed by atoms with E-state index in [0.29, 0.717) is 12.1 Å². The molecule has 3 heterocycles. The van der Waals surface area contributed by atoms with Gasteiger partial charge in [0.15, 0.2) is 0 Å². The average Bonchev–Trinajstić information content (AvgIpc) is 3.56. The fourth-order valence-corrected chi connectivity index (χ4v) is 4.97. The lowest BCUT2D eigenvalue weighted by Crippen LogP contribution is -2.25. The summed E-state index contributed by atoms with van der Waals surface area (Å²) in [6.07, 6.45) is 2.00. The Hall–Kier alpha value is -1.92. The average molecular weight is 598 g/mol. The number of nitrogens with one attached hydrogen (secondary N) is 1. The molecule has 2 aromatic heterocycles. The summed E-state index contributed by atoms with van der Waals surface area (Å²) in [5.41, 5.74) is 4.45. The second-order valence-electron chi connectivity index (χ2n) is 7.45. The number of nitrogens with zero attached hydrogens (tertiary/aromatic N) is 1. The summed E-state index contributed by atoms with van der Waals surface area (Å²) < 4.78 is 9.51. The van der Waals surface area contributed by atoms with Crippen LogP contribution in [0, 0.1) is 0 Å². The summed E-state index contributed by atoms with van der Waals surface area (Å²) >= 11 is 17.4. The molecule has 4 nitrogen and oxygen atoms in total. The molecule has 10 heteroatoms. The first-order valence-electron chi connectivity index (χ1n) is 11.0. The Morgan fingerprint density at radius 1 is 0.889 bits per heavy atom. The maximum atomic E-state index is 11.7. The molecular formula is C26H24Cl3N2O2PS2. The highest BCUT2D eigenvalue weighted by Crippen LogP contribution is 2.61. The monoisotopic (exact) mass is 596 g/mol. The summed E-state index contributed by atoms with van der Waals surface area (Å²) in [7, 11) is 0. The zero-order chi connectivity index (χ0) is 25.8. The highest BCUT2D eigenvalue weighted by atomic mass is 36.0. The third-order valence-corrected chi connectivity index (χ3v) is 6.85. The van der Waals surface area contributed by atoms with Crippen LogP contribution in [0.3, 0.4) is 0 Å². The van der Waals surface area contributed by atoms with E-state index in [9.17, 15) is 9.36 Å². The van der Waals surface area contributed by atoms with E-state index in [0.717, 1.165) is 25.1 Å². The van der Waals surface area contributed by atoms with Gasteiger partial charge in [0, 0.05) is 46.0 Å². The maximum Gasteiger partial charge on any atom is 0.339 e. The van der Waals surface area contributed by atoms with Gasteiger partial charge in [0.05, 0.1) is 5.71 Å². The minimum absolute atomic E-state index is 0.00263. The molecule has 0 saturated carbocycles. The predicted octanol–water partition coefficient (Wildman–Crippen LogP) is 8.67. The van der Waals surface area contributed by atoms with Crippen LogP contribution in [-0.2, 0) is 17.4 Å². The van der Waals surface area contributed by atoms with Crippen molar-refractivity contribution in [2.45, 2.75) is 12.8 Å². The number of fused-ring (bicyclic) bond motifs is 1. The SMILES string of the molecule is O=C(NCCc1cccs1)c1ccccc1.O=P(Cl)(Cl)Cl.c1ccc(C2=NCCc3sccc32)cc1. The first-order chi connectivity index (χ1) is 17.3. The molecule has 0 fully saturated rings. The van der Waals surface area contributed by atoms with Gasteiger partial charge in [-0.1, -0.05) is 54.6 Å². The Morgan fingerprint density at radius 2 is 1.56 bits per heavy atom. The molecule has 1 amide bonds. The van der Waals surface area contributed by atoms with Crippen molar-refractivity contribution in [3.8, 4) is 0 Å². The lowest BCUT2D eigenvalue weighted by molar-refractivity contribution is 0.0954. The van der Waals surface area contributed by atoms with Gasteiger partial charge in [0.25, 0.3) is 5.91 Å². The van der Waals surface area contributed by atoms with Crippen molar-refractivity contribution in [2.24, 2.45) is 4.99 Å². The van der Waals surface area contributed by atoms with E-state index in [-0.39, 0.29) is 5.91 Å². The number of hydrogen-bond donors (Lipinski definition) is 1. The van der Waals surface area contributed by atoms with Crippen LogP contribution in [0.1, 0.15) is 31.2 Å². The fourth-order valence-electron chi connectivity index (χ4n) is 3.39. The third kappa shape index (κ3) is 10.2. The molecule has 1 aliphatic heterocycles. The number of halogens is 3. The molecule has 2 aromatic carbocycles. The molecule has 0 bridgehead atoms. The van der Waals surface area contributed by atoms with E-state index < -0.39 is 5.20 Å². The molecule has 1 aliphatic rings. The van der Waals surface area contributed by atoms with Crippen molar-refractivity contribution >= 4 is 73.2 Å². The summed E-state index contributed by atoms with van der Waals surface area (Å²) in [6.45, 7) is 1.62. The van der Waals surface area contributed by atoms with Gasteiger partial charge >= 0.3 is 5.20 Å². The van der Waals surface area contributed by atoms with Crippen LogP contribution in [0.2, 0.25) is 0 Å². The van der Waals surface area contributed by atoms with E-state index >= 15 is 0 Å². The van der Waals surface area contributed by atoms with Crippen molar-refractivity contribution in [1.82, 2.24) is 5.32 Å². The molecule has 1 N–H and O–H groups in total. The number of aliphatic imine (C=N–C) groups is 1. The van der Waals surface area contributed by atoms with Crippen LogP contribution < -0.4 is 5.32 Å². The Balaban J connectivity index is 0.000000170. The van der Waals surface area contributed by atoms with Gasteiger partial charge in [0.2, 0.25) is 0 Å². The zero-order valence-electron chi connectivity index (χ0n) is 19.1. The Bertz CT molecular complexity index is 1280. The minimum atomic E-state index is -3.22. The molecule has 0 aliphatic carbocycles. The van der Waals surface area contributed by atoms with Crippen molar-refractivity contribution in [2.75, 3.05) is 13.1 Å². The largest absolute Gasteiger partial charge is 0.352 e. The van der Waals surface area contributed by atoms with Crippen LogP contribution in [0.4, 0.5) is 0 Å². The van der Waals surface area contributed by atoms with E-state index in [1.54, 1.807) is 11.3 Å². The molecule has 0 spiro atoms. The third-order valence-electron chi connectivity index (χ3n) is 4.93. The standard InChI is InChI=1S/C13H13NOS.C13H11NS.Cl3OP/c15-13(11-5-2-1-3-6-11)14-9-8-12-7-4-10-16-12;1-2-4-10(5-3-1)13-11-7-9-15-12(11)6-8-14-13;1-5(2,3)4/h1-7,10H,8-9H2,(H,14,15);1-5,7,9H,6,8H2;. The molecule has 0 unspecified atom stereocenters. The van der Waals surface area contributed by atoms with Crippen molar-refractivity contribution in [1.29, 1.82) is 0 Å². The fraction of sp³-hybridized carbons (Fsp3) is 0.154. The number of hydrogen-bond acceptors (Lipinski definition) is 5. The number of benzene rings is 2. The van der Waals surface area contributed by atoms with Gasteiger partial charge in [0.1, 0.15) is 0 Å². The topological polar surface area (TPSA) is 58.5 Å². The molecule has 5 rings (SSSR count). The van der Waals surface area contributed by atoms with Gasteiger partial charge < -0.3 is 5.32 Å². The van der Waals surface area contributed by atoms with Crippen LogP contribution >= 0.6 is 61.6 Å². The number of amides is 1. The van der Waals surface area contributed by atoms with Gasteiger partial charge in [-0.05, 0) is 75.2 Å². The first-order valence-corrected chi connectivity index (χ1v) is 17.2. The highest BCUT2D eigenvalue weighted by Gasteiger charge is 2.16. The van der Waals surface area contributed by atoms with Crippen molar-refractivity contribution in [3.63, 3.8) is 0 Å². The van der Waals surface area contributed by atoms with Crippen molar-refractivity contribution < 1.29 is 9.36 Å². The molecule has 4 aromatic rings. The lowest BCUT2D eigenvalue weighted by atomic mass is 10.00. The van der Waals surface area contributed by atoms with Crippen LogP contribution in [-0.4, -0.2) is 24.7 Å². The Labute approximate surface area is 233 Å². The molecule has 0 radical (unpaired) electrons. The van der Waals surface area contributed by atoms with E-state index in [1.165, 1.54) is 20.9 Å². The number of carbonyl (C=O) groups excluding carboxylic acids is 1. The zero-order valence-corrected chi connectivity index (χ0v) is 23.9. The second kappa shape index (κ2) is 14.7.